The number of pyridine rings is 1. The van der Waals surface area contributed by atoms with Gasteiger partial charge >= 0.3 is 0 Å². The molecule has 0 saturated carbocycles. The van der Waals surface area contributed by atoms with E-state index in [-0.39, 0.29) is 5.91 Å². The Bertz CT molecular complexity index is 690. The van der Waals surface area contributed by atoms with Crippen LogP contribution in [-0.2, 0) is 6.54 Å². The van der Waals surface area contributed by atoms with Crippen LogP contribution >= 0.6 is 0 Å². The van der Waals surface area contributed by atoms with Crippen molar-refractivity contribution in [3.05, 3.63) is 59.9 Å². The number of benzene rings is 1. The highest BCUT2D eigenvalue weighted by atomic mass is 16.3. The van der Waals surface area contributed by atoms with Crippen molar-refractivity contribution < 1.29 is 9.90 Å². The molecule has 0 unspecified atom stereocenters. The molecule has 1 aliphatic heterocycles. The predicted octanol–water partition coefficient (Wildman–Crippen LogP) is 2.82. The number of amides is 1. The third kappa shape index (κ3) is 5.29. The van der Waals surface area contributed by atoms with E-state index in [4.69, 9.17) is 0 Å². The van der Waals surface area contributed by atoms with Crippen LogP contribution in [0.2, 0.25) is 0 Å². The smallest absolute Gasteiger partial charge is 0.269 e. The van der Waals surface area contributed by atoms with E-state index < -0.39 is 0 Å². The highest BCUT2D eigenvalue weighted by Gasteiger charge is 2.20. The highest BCUT2D eigenvalue weighted by molar-refractivity contribution is 5.92. The lowest BCUT2D eigenvalue weighted by molar-refractivity contribution is 0.0941. The van der Waals surface area contributed by atoms with Gasteiger partial charge in [-0.1, -0.05) is 18.2 Å². The second kappa shape index (κ2) is 8.62. The Kier molecular flexibility index (Phi) is 6.01. The van der Waals surface area contributed by atoms with E-state index >= 15 is 0 Å². The Labute approximate surface area is 148 Å². The molecular formula is C20H25N3O2. The average molecular weight is 339 g/mol. The summed E-state index contributed by atoms with van der Waals surface area (Å²) in [6, 6.07) is 12.8. The van der Waals surface area contributed by atoms with Gasteiger partial charge in [-0.3, -0.25) is 14.7 Å². The molecule has 1 aromatic heterocycles. The summed E-state index contributed by atoms with van der Waals surface area (Å²) in [4.78, 5) is 18.5. The van der Waals surface area contributed by atoms with Crippen molar-refractivity contribution in [2.24, 2.45) is 5.92 Å². The number of nitrogens with zero attached hydrogens (tertiary/aromatic N) is 2. The van der Waals surface area contributed by atoms with Crippen LogP contribution < -0.4 is 5.32 Å². The molecule has 2 aromatic rings. The zero-order valence-corrected chi connectivity index (χ0v) is 14.4. The molecule has 3 rings (SSSR count). The number of hydrogen-bond acceptors (Lipinski definition) is 4. The van der Waals surface area contributed by atoms with Gasteiger partial charge in [-0.25, -0.2) is 0 Å². The number of aromatic hydroxyl groups is 1. The SMILES string of the molecule is O=C(NCC[C@@H]1CCCN(Cc2cccc(O)c2)C1)c1ccccn1. The summed E-state index contributed by atoms with van der Waals surface area (Å²) >= 11 is 0. The lowest BCUT2D eigenvalue weighted by Gasteiger charge is -2.32. The molecular weight excluding hydrogens is 314 g/mol. The molecule has 0 aliphatic carbocycles. The normalized spacial score (nSPS) is 18.0. The second-order valence-electron chi connectivity index (χ2n) is 6.67. The Morgan fingerprint density at radius 2 is 2.20 bits per heavy atom. The van der Waals surface area contributed by atoms with Crippen LogP contribution in [0.3, 0.4) is 0 Å². The molecule has 132 valence electrons. The molecule has 1 amide bonds. The molecule has 0 radical (unpaired) electrons. The highest BCUT2D eigenvalue weighted by Crippen LogP contribution is 2.22. The topological polar surface area (TPSA) is 65.5 Å². The first-order valence-corrected chi connectivity index (χ1v) is 8.90. The number of carbonyl (C=O) groups excluding carboxylic acids is 1. The second-order valence-corrected chi connectivity index (χ2v) is 6.67. The van der Waals surface area contributed by atoms with Gasteiger partial charge in [0.15, 0.2) is 0 Å². The number of hydrogen-bond donors (Lipinski definition) is 2. The number of carbonyl (C=O) groups is 1. The van der Waals surface area contributed by atoms with Crippen molar-refractivity contribution in [3.63, 3.8) is 0 Å². The van der Waals surface area contributed by atoms with E-state index in [9.17, 15) is 9.90 Å². The number of likely N-dealkylation sites (tertiary alicyclic amines) is 1. The Balaban J connectivity index is 1.43. The molecule has 1 atom stereocenters. The van der Waals surface area contributed by atoms with Gasteiger partial charge in [0, 0.05) is 25.8 Å². The van der Waals surface area contributed by atoms with Gasteiger partial charge in [0.05, 0.1) is 0 Å². The number of phenolic OH excluding ortho intramolecular Hbond substituents is 1. The summed E-state index contributed by atoms with van der Waals surface area (Å²) in [6.45, 7) is 3.67. The van der Waals surface area contributed by atoms with Crippen LogP contribution in [0, 0.1) is 5.92 Å². The Morgan fingerprint density at radius 3 is 3.00 bits per heavy atom. The van der Waals surface area contributed by atoms with Crippen LogP contribution in [0.1, 0.15) is 35.3 Å². The fourth-order valence-electron chi connectivity index (χ4n) is 3.42. The first kappa shape index (κ1) is 17.4. The minimum atomic E-state index is -0.104. The van der Waals surface area contributed by atoms with E-state index in [1.165, 1.54) is 12.8 Å². The summed E-state index contributed by atoms with van der Waals surface area (Å²) in [5.74, 6) is 0.811. The van der Waals surface area contributed by atoms with Gasteiger partial charge in [-0.2, -0.15) is 0 Å². The summed E-state index contributed by atoms with van der Waals surface area (Å²) in [5, 5.41) is 12.6. The van der Waals surface area contributed by atoms with E-state index in [1.54, 1.807) is 24.4 Å². The standard InChI is InChI=1S/C20H25N3O2/c24-18-7-3-5-17(13-18)15-23-12-4-6-16(14-23)9-11-22-20(25)19-8-1-2-10-21-19/h1-3,5,7-8,10,13,16,24H,4,6,9,11-12,14-15H2,(H,22,25)/t16-/m0/s1. The monoisotopic (exact) mass is 339 g/mol. The fourth-order valence-corrected chi connectivity index (χ4v) is 3.42. The van der Waals surface area contributed by atoms with Crippen molar-refractivity contribution in [2.45, 2.75) is 25.8 Å². The van der Waals surface area contributed by atoms with Gasteiger partial charge < -0.3 is 10.4 Å². The summed E-state index contributed by atoms with van der Waals surface area (Å²) in [7, 11) is 0. The Morgan fingerprint density at radius 1 is 1.28 bits per heavy atom. The van der Waals surface area contributed by atoms with Gasteiger partial charge in [0.2, 0.25) is 0 Å². The molecule has 2 N–H and O–H groups in total. The number of aromatic nitrogens is 1. The zero-order chi connectivity index (χ0) is 17.5. The number of phenols is 1. The largest absolute Gasteiger partial charge is 0.508 e. The summed E-state index contributed by atoms with van der Waals surface area (Å²) in [6.07, 6.45) is 5.00. The maximum absolute atomic E-state index is 12.0. The maximum atomic E-state index is 12.0. The minimum Gasteiger partial charge on any atom is -0.508 e. The van der Waals surface area contributed by atoms with E-state index in [0.717, 1.165) is 31.6 Å². The van der Waals surface area contributed by atoms with Crippen LogP contribution in [0.25, 0.3) is 0 Å². The Hall–Kier alpha value is -2.40. The lowest BCUT2D eigenvalue weighted by atomic mass is 9.94. The molecule has 0 spiro atoms. The molecule has 25 heavy (non-hydrogen) atoms. The van der Waals surface area contributed by atoms with Gasteiger partial charge in [-0.15, -0.1) is 0 Å². The maximum Gasteiger partial charge on any atom is 0.269 e. The van der Waals surface area contributed by atoms with Crippen LogP contribution in [0.5, 0.6) is 5.75 Å². The molecule has 1 fully saturated rings. The van der Waals surface area contributed by atoms with Crippen molar-refractivity contribution in [3.8, 4) is 5.75 Å². The van der Waals surface area contributed by atoms with E-state index in [2.05, 4.69) is 21.3 Å². The van der Waals surface area contributed by atoms with E-state index in [1.807, 2.05) is 18.2 Å². The first-order valence-electron chi connectivity index (χ1n) is 8.90. The first-order chi connectivity index (χ1) is 12.2. The summed E-state index contributed by atoms with van der Waals surface area (Å²) in [5.41, 5.74) is 1.61. The number of nitrogens with one attached hydrogen (secondary N) is 1. The van der Waals surface area contributed by atoms with Crippen molar-refractivity contribution in [1.82, 2.24) is 15.2 Å². The van der Waals surface area contributed by atoms with Crippen molar-refractivity contribution in [2.75, 3.05) is 19.6 Å². The molecule has 5 heteroatoms. The molecule has 1 aromatic carbocycles. The lowest BCUT2D eigenvalue weighted by Crippen LogP contribution is -2.36. The van der Waals surface area contributed by atoms with Crippen LogP contribution in [0.4, 0.5) is 0 Å². The number of rotatable bonds is 6. The molecule has 2 heterocycles. The van der Waals surface area contributed by atoms with Gasteiger partial charge in [0.25, 0.3) is 5.91 Å². The average Bonchev–Trinajstić information content (AvgIpc) is 2.63. The van der Waals surface area contributed by atoms with Crippen molar-refractivity contribution in [1.29, 1.82) is 0 Å². The zero-order valence-electron chi connectivity index (χ0n) is 14.4. The van der Waals surface area contributed by atoms with E-state index in [0.29, 0.717) is 23.9 Å². The van der Waals surface area contributed by atoms with Crippen LogP contribution in [0.15, 0.2) is 48.7 Å². The quantitative estimate of drug-likeness (QED) is 0.849. The van der Waals surface area contributed by atoms with Crippen LogP contribution in [-0.4, -0.2) is 40.5 Å². The molecule has 1 aliphatic rings. The van der Waals surface area contributed by atoms with Crippen molar-refractivity contribution >= 4 is 5.91 Å². The molecule has 5 nitrogen and oxygen atoms in total. The fraction of sp³-hybridized carbons (Fsp3) is 0.400. The third-order valence-corrected chi connectivity index (χ3v) is 4.66. The summed E-state index contributed by atoms with van der Waals surface area (Å²) < 4.78 is 0. The van der Waals surface area contributed by atoms with Gasteiger partial charge in [-0.05, 0) is 61.6 Å². The minimum absolute atomic E-state index is 0.104. The van der Waals surface area contributed by atoms with Gasteiger partial charge in [0.1, 0.15) is 11.4 Å². The molecule has 1 saturated heterocycles. The molecule has 0 bridgehead atoms. The third-order valence-electron chi connectivity index (χ3n) is 4.66. The number of piperidine rings is 1. The predicted molar refractivity (Wildman–Crippen MR) is 97.3 cm³/mol.